The Hall–Kier alpha value is -3.12. The third-order valence-electron chi connectivity index (χ3n) is 4.28. The van der Waals surface area contributed by atoms with Crippen LogP contribution in [0.25, 0.3) is 0 Å². The van der Waals surface area contributed by atoms with Crippen LogP contribution in [0.15, 0.2) is 92.2 Å². The Morgan fingerprint density at radius 3 is 2.11 bits per heavy atom. The molecule has 0 aromatic heterocycles. The molecular weight excluding hydrogens is 372 g/mol. The van der Waals surface area contributed by atoms with Crippen LogP contribution >= 0.6 is 0 Å². The molecule has 2 aromatic rings. The second-order valence-electron chi connectivity index (χ2n) is 6.59. The molecule has 0 saturated heterocycles. The van der Waals surface area contributed by atoms with Crippen LogP contribution in [-0.4, -0.2) is 25.7 Å². The van der Waals surface area contributed by atoms with E-state index in [2.05, 4.69) is 9.39 Å². The Labute approximate surface area is 164 Å². The first-order chi connectivity index (χ1) is 13.3. The number of ketones is 1. The van der Waals surface area contributed by atoms with Crippen LogP contribution in [0.2, 0.25) is 0 Å². The number of carbonyl (C=O) groups excluding carboxylic acids is 1. The molecule has 0 heterocycles. The molecule has 0 N–H and O–H groups in total. The van der Waals surface area contributed by atoms with Crippen LogP contribution in [0.1, 0.15) is 25.0 Å². The molecule has 28 heavy (non-hydrogen) atoms. The van der Waals surface area contributed by atoms with Crippen molar-refractivity contribution in [1.29, 1.82) is 0 Å². The third-order valence-corrected chi connectivity index (χ3v) is 5.56. The zero-order valence-electron chi connectivity index (χ0n) is 15.9. The first-order valence-electron chi connectivity index (χ1n) is 8.73. The van der Waals surface area contributed by atoms with Crippen LogP contribution in [0.4, 0.5) is 0 Å². The van der Waals surface area contributed by atoms with Crippen molar-refractivity contribution in [2.75, 3.05) is 0 Å². The van der Waals surface area contributed by atoms with Crippen LogP contribution in [0, 0.1) is 6.92 Å². The predicted octanol–water partition coefficient (Wildman–Crippen LogP) is 4.05. The number of amidine groups is 1. The summed E-state index contributed by atoms with van der Waals surface area (Å²) in [5, 5.41) is 0. The monoisotopic (exact) mass is 392 g/mol. The van der Waals surface area contributed by atoms with E-state index in [1.807, 2.05) is 13.0 Å². The molecule has 0 atom stereocenters. The van der Waals surface area contributed by atoms with Crippen LogP contribution < -0.4 is 0 Å². The molecule has 0 unspecified atom stereocenters. The molecule has 5 nitrogen and oxygen atoms in total. The fourth-order valence-electron chi connectivity index (χ4n) is 2.61. The van der Waals surface area contributed by atoms with Gasteiger partial charge in [0.15, 0.2) is 11.6 Å². The second-order valence-corrected chi connectivity index (χ2v) is 8.19. The lowest BCUT2D eigenvalue weighted by Crippen LogP contribution is -2.13. The minimum atomic E-state index is -3.94. The third kappa shape index (κ3) is 4.40. The predicted molar refractivity (Wildman–Crippen MR) is 111 cm³/mol. The SMILES string of the molecule is CC1=CC(=N/C(=N/S(=O)(=O)c2ccc(C)cc2)c2ccccc2)C(C)=CC1=O. The van der Waals surface area contributed by atoms with Gasteiger partial charge in [0.05, 0.1) is 10.6 Å². The number of rotatable bonds is 3. The molecular formula is C22H20N2O3S. The standard InChI is InChI=1S/C22H20N2O3S/c1-15-9-11-19(12-10-15)28(26,27)24-22(18-7-5-4-6-8-18)23-20-13-17(3)21(25)14-16(20)2/h4-14H,1-3H3/b23-20?,24-22+. The summed E-state index contributed by atoms with van der Waals surface area (Å²) in [6, 6.07) is 15.4. The summed E-state index contributed by atoms with van der Waals surface area (Å²) in [5.41, 5.74) is 3.24. The van der Waals surface area contributed by atoms with Gasteiger partial charge in [0.1, 0.15) is 0 Å². The van der Waals surface area contributed by atoms with E-state index in [0.29, 0.717) is 22.4 Å². The quantitative estimate of drug-likeness (QED) is 0.449. The number of hydrogen-bond acceptors (Lipinski definition) is 3. The first kappa shape index (κ1) is 19.6. The van der Waals surface area contributed by atoms with E-state index < -0.39 is 10.0 Å². The van der Waals surface area contributed by atoms with Gasteiger partial charge in [0.2, 0.25) is 0 Å². The molecule has 6 heteroatoms. The topological polar surface area (TPSA) is 75.9 Å². The van der Waals surface area contributed by atoms with Gasteiger partial charge in [-0.2, -0.15) is 8.42 Å². The normalized spacial score (nSPS) is 16.8. The van der Waals surface area contributed by atoms with Crippen LogP contribution in [0.5, 0.6) is 0 Å². The van der Waals surface area contributed by atoms with Crippen molar-refractivity contribution in [2.45, 2.75) is 25.7 Å². The number of carbonyl (C=O) groups is 1. The zero-order valence-corrected chi connectivity index (χ0v) is 16.7. The number of aliphatic imine (C=N–C) groups is 1. The number of sulfonamides is 1. The maximum atomic E-state index is 12.8. The highest BCUT2D eigenvalue weighted by atomic mass is 32.2. The largest absolute Gasteiger partial charge is 0.290 e. The number of allylic oxidation sites excluding steroid dienone is 4. The van der Waals surface area contributed by atoms with Gasteiger partial charge in [-0.1, -0.05) is 48.0 Å². The van der Waals surface area contributed by atoms with Crippen molar-refractivity contribution in [2.24, 2.45) is 9.39 Å². The van der Waals surface area contributed by atoms with Crippen molar-refractivity contribution < 1.29 is 13.2 Å². The van der Waals surface area contributed by atoms with Crippen molar-refractivity contribution in [3.63, 3.8) is 0 Å². The van der Waals surface area contributed by atoms with Gasteiger partial charge in [-0.25, -0.2) is 4.99 Å². The molecule has 0 amide bonds. The molecule has 1 aliphatic rings. The van der Waals surface area contributed by atoms with Crippen LogP contribution in [-0.2, 0) is 14.8 Å². The molecule has 3 rings (SSSR count). The molecule has 0 bridgehead atoms. The van der Waals surface area contributed by atoms with Crippen molar-refractivity contribution in [3.8, 4) is 0 Å². The maximum Gasteiger partial charge on any atom is 0.284 e. The summed E-state index contributed by atoms with van der Waals surface area (Å²) in [7, 11) is -3.94. The Morgan fingerprint density at radius 1 is 0.821 bits per heavy atom. The fourth-order valence-corrected chi connectivity index (χ4v) is 3.57. The smallest absolute Gasteiger partial charge is 0.284 e. The van der Waals surface area contributed by atoms with Gasteiger partial charge in [-0.3, -0.25) is 4.79 Å². The Balaban J connectivity index is 2.15. The summed E-state index contributed by atoms with van der Waals surface area (Å²) in [6.07, 6.45) is 3.14. The molecule has 0 radical (unpaired) electrons. The van der Waals surface area contributed by atoms with Crippen molar-refractivity contribution in [3.05, 3.63) is 89.0 Å². The number of benzene rings is 2. The van der Waals surface area contributed by atoms with Gasteiger partial charge in [0, 0.05) is 5.56 Å². The highest BCUT2D eigenvalue weighted by Crippen LogP contribution is 2.18. The highest BCUT2D eigenvalue weighted by molar-refractivity contribution is 7.90. The van der Waals surface area contributed by atoms with E-state index >= 15 is 0 Å². The maximum absolute atomic E-state index is 12.8. The van der Waals surface area contributed by atoms with Gasteiger partial charge < -0.3 is 0 Å². The van der Waals surface area contributed by atoms with Gasteiger partial charge in [0.25, 0.3) is 10.0 Å². The summed E-state index contributed by atoms with van der Waals surface area (Å²) in [5.74, 6) is -0.00995. The number of hydrogen-bond donors (Lipinski definition) is 0. The van der Waals surface area contributed by atoms with Gasteiger partial charge in [-0.15, -0.1) is 4.40 Å². The molecule has 142 valence electrons. The average Bonchev–Trinajstić information content (AvgIpc) is 2.66. The summed E-state index contributed by atoms with van der Waals surface area (Å²) >= 11 is 0. The minimum Gasteiger partial charge on any atom is -0.290 e. The Morgan fingerprint density at radius 2 is 1.46 bits per heavy atom. The second kappa shape index (κ2) is 7.86. The van der Waals surface area contributed by atoms with E-state index in [9.17, 15) is 13.2 Å². The lowest BCUT2D eigenvalue weighted by Gasteiger charge is -2.11. The lowest BCUT2D eigenvalue weighted by molar-refractivity contribution is -0.111. The zero-order chi connectivity index (χ0) is 20.3. The van der Waals surface area contributed by atoms with E-state index in [0.717, 1.165) is 5.56 Å². The fraction of sp³-hybridized carbons (Fsp3) is 0.136. The van der Waals surface area contributed by atoms with Crippen molar-refractivity contribution >= 4 is 27.4 Å². The van der Waals surface area contributed by atoms with Crippen LogP contribution in [0.3, 0.4) is 0 Å². The van der Waals surface area contributed by atoms with E-state index in [-0.39, 0.29) is 16.5 Å². The first-order valence-corrected chi connectivity index (χ1v) is 10.2. The summed E-state index contributed by atoms with van der Waals surface area (Å²) in [6.45, 7) is 5.34. The van der Waals surface area contributed by atoms with E-state index in [1.165, 1.54) is 18.2 Å². The summed E-state index contributed by atoms with van der Waals surface area (Å²) in [4.78, 5) is 16.4. The minimum absolute atomic E-state index is 0.0716. The van der Waals surface area contributed by atoms with Gasteiger partial charge in [-0.05, 0) is 56.2 Å². The number of nitrogens with zero attached hydrogens (tertiary/aromatic N) is 2. The van der Waals surface area contributed by atoms with E-state index in [4.69, 9.17) is 0 Å². The molecule has 1 aliphatic carbocycles. The van der Waals surface area contributed by atoms with Gasteiger partial charge >= 0.3 is 0 Å². The lowest BCUT2D eigenvalue weighted by atomic mass is 9.98. The van der Waals surface area contributed by atoms with Crippen molar-refractivity contribution in [1.82, 2.24) is 0 Å². The molecule has 0 saturated carbocycles. The molecule has 0 aliphatic heterocycles. The molecule has 0 fully saturated rings. The number of aryl methyl sites for hydroxylation is 1. The molecule has 2 aromatic carbocycles. The van der Waals surface area contributed by atoms with E-state index in [1.54, 1.807) is 56.3 Å². The average molecular weight is 392 g/mol. The molecule has 0 spiro atoms. The summed E-state index contributed by atoms with van der Waals surface area (Å²) < 4.78 is 29.7. The highest BCUT2D eigenvalue weighted by Gasteiger charge is 2.18. The Kier molecular flexibility index (Phi) is 5.51. The Bertz CT molecular complexity index is 1140.